The van der Waals surface area contributed by atoms with Gasteiger partial charge in [0, 0.05) is 44.6 Å². The molecule has 394 valence electrons. The highest BCUT2D eigenvalue weighted by atomic mass is 16.3. The molecule has 3 aliphatic rings. The summed E-state index contributed by atoms with van der Waals surface area (Å²) in [4.78, 5) is 5.22. The lowest BCUT2D eigenvalue weighted by Crippen LogP contribution is -2.61. The average Bonchev–Trinajstić information content (AvgIpc) is 4.05. The van der Waals surface area contributed by atoms with Crippen LogP contribution in [0.15, 0.2) is 132 Å². The Morgan fingerprint density at radius 3 is 1.27 bits per heavy atom. The van der Waals surface area contributed by atoms with E-state index in [9.17, 15) is 0 Å². The van der Waals surface area contributed by atoms with Gasteiger partial charge in [0.05, 0.1) is 28.1 Å². The van der Waals surface area contributed by atoms with Crippen LogP contribution in [-0.4, -0.2) is 11.3 Å². The standard InChI is InChI=1S/C72H82BN3O/c1-66(2,3)43-20-27-48(28-21-43)74-59-42-55-54(71(16,17)34-35-72(55,18)19)41-56(59)73-63-60(74)39-50(75-57-31-24-45(68(7,8)9)36-51(57)52-37-46(69(10,11)12)25-32-58(52)75)40-61(63)76(49-29-22-44(23-30-49)67(4,5)6)64-53-38-47(70(13,14)15)26-33-62(53)77-65(64)73/h20-33,36-42H,34-35H2,1-19H3. The van der Waals surface area contributed by atoms with Crippen LogP contribution in [0.3, 0.4) is 0 Å². The Hall–Kier alpha value is -6.46. The van der Waals surface area contributed by atoms with Gasteiger partial charge in [-0.3, -0.25) is 0 Å². The second-order valence-corrected chi connectivity index (χ2v) is 29.9. The molecular formula is C72H82BN3O. The third-order valence-electron chi connectivity index (χ3n) is 18.2. The molecular weight excluding hydrogens is 934 g/mol. The Balaban J connectivity index is 1.27. The molecule has 4 nitrogen and oxygen atoms in total. The first-order chi connectivity index (χ1) is 35.8. The fraction of sp³-hybridized carbons (Fsp3) is 0.389. The molecule has 77 heavy (non-hydrogen) atoms. The van der Waals surface area contributed by atoms with Gasteiger partial charge in [-0.1, -0.05) is 180 Å². The molecule has 0 saturated heterocycles. The van der Waals surface area contributed by atoms with Crippen molar-refractivity contribution in [2.75, 3.05) is 9.80 Å². The maximum absolute atomic E-state index is 7.55. The van der Waals surface area contributed by atoms with Crippen molar-refractivity contribution in [3.05, 3.63) is 166 Å². The molecule has 1 aliphatic carbocycles. The molecule has 7 aromatic carbocycles. The molecule has 0 atom stereocenters. The molecule has 12 rings (SSSR count). The first-order valence-electron chi connectivity index (χ1n) is 28.7. The van der Waals surface area contributed by atoms with Gasteiger partial charge in [0.15, 0.2) is 0 Å². The van der Waals surface area contributed by atoms with Crippen LogP contribution in [0.4, 0.5) is 34.1 Å². The van der Waals surface area contributed by atoms with E-state index in [0.29, 0.717) is 0 Å². The van der Waals surface area contributed by atoms with Crippen molar-refractivity contribution in [1.82, 2.24) is 4.57 Å². The molecule has 0 unspecified atom stereocenters. The third kappa shape index (κ3) is 8.13. The van der Waals surface area contributed by atoms with Crippen molar-refractivity contribution < 1.29 is 4.42 Å². The number of furan rings is 1. The van der Waals surface area contributed by atoms with Crippen LogP contribution in [0.2, 0.25) is 0 Å². The zero-order valence-corrected chi connectivity index (χ0v) is 49.9. The number of benzene rings is 7. The number of fused-ring (bicyclic) bond motifs is 10. The van der Waals surface area contributed by atoms with Crippen molar-refractivity contribution in [3.8, 4) is 5.69 Å². The van der Waals surface area contributed by atoms with E-state index in [4.69, 9.17) is 4.42 Å². The molecule has 2 aliphatic heterocycles. The molecule has 0 N–H and O–H groups in total. The first kappa shape index (κ1) is 51.3. The summed E-state index contributed by atoms with van der Waals surface area (Å²) in [5.41, 5.74) is 24.4. The molecule has 0 spiro atoms. The normalized spacial score (nSPS) is 16.3. The topological polar surface area (TPSA) is 24.6 Å². The van der Waals surface area contributed by atoms with E-state index in [0.717, 1.165) is 52.2 Å². The van der Waals surface area contributed by atoms with E-state index >= 15 is 0 Å². The van der Waals surface area contributed by atoms with Crippen molar-refractivity contribution >= 4 is 90.2 Å². The molecule has 0 radical (unpaired) electrons. The van der Waals surface area contributed by atoms with Gasteiger partial charge < -0.3 is 18.8 Å². The molecule has 0 saturated carbocycles. The Kier molecular flexibility index (Phi) is 11.0. The fourth-order valence-corrected chi connectivity index (χ4v) is 13.1. The van der Waals surface area contributed by atoms with E-state index in [-0.39, 0.29) is 44.6 Å². The summed E-state index contributed by atoms with van der Waals surface area (Å²) in [5, 5.41) is 3.71. The van der Waals surface area contributed by atoms with Gasteiger partial charge in [-0.15, -0.1) is 0 Å². The van der Waals surface area contributed by atoms with Crippen molar-refractivity contribution in [2.45, 2.75) is 182 Å². The maximum Gasteiger partial charge on any atom is 0.297 e. The van der Waals surface area contributed by atoms with Gasteiger partial charge in [0.2, 0.25) is 0 Å². The van der Waals surface area contributed by atoms with Crippen LogP contribution in [0.1, 0.15) is 183 Å². The molecule has 0 amide bonds. The van der Waals surface area contributed by atoms with Crippen molar-refractivity contribution in [2.24, 2.45) is 0 Å². The summed E-state index contributed by atoms with van der Waals surface area (Å²) in [6, 6.07) is 50.7. The summed E-state index contributed by atoms with van der Waals surface area (Å²) in [6.45, 7) is 44.5. The monoisotopic (exact) mass is 1020 g/mol. The molecule has 0 fully saturated rings. The summed E-state index contributed by atoms with van der Waals surface area (Å²) < 4.78 is 10.1. The van der Waals surface area contributed by atoms with Gasteiger partial charge in [-0.25, -0.2) is 0 Å². The minimum absolute atomic E-state index is 0.00102. The van der Waals surface area contributed by atoms with Crippen LogP contribution in [0.5, 0.6) is 0 Å². The highest BCUT2D eigenvalue weighted by Crippen LogP contribution is 2.53. The van der Waals surface area contributed by atoms with Crippen LogP contribution in [0.25, 0.3) is 38.5 Å². The van der Waals surface area contributed by atoms with Gasteiger partial charge in [-0.05, 0) is 179 Å². The maximum atomic E-state index is 7.55. The van der Waals surface area contributed by atoms with Crippen molar-refractivity contribution in [1.29, 1.82) is 0 Å². The number of rotatable bonds is 3. The second-order valence-electron chi connectivity index (χ2n) is 29.9. The van der Waals surface area contributed by atoms with E-state index in [1.807, 2.05) is 0 Å². The average molecular weight is 1020 g/mol. The summed E-state index contributed by atoms with van der Waals surface area (Å²) in [6.07, 6.45) is 2.27. The minimum atomic E-state index is -0.187. The molecule has 4 heterocycles. The predicted octanol–water partition coefficient (Wildman–Crippen LogP) is 18.4. The molecule has 0 bridgehead atoms. The van der Waals surface area contributed by atoms with E-state index in [1.54, 1.807) is 0 Å². The highest BCUT2D eigenvalue weighted by molar-refractivity contribution is 7.00. The number of aromatic nitrogens is 1. The molecule has 9 aromatic rings. The Morgan fingerprint density at radius 2 is 0.805 bits per heavy atom. The first-order valence-corrected chi connectivity index (χ1v) is 28.7. The van der Waals surface area contributed by atoms with Crippen LogP contribution in [0, 0.1) is 0 Å². The molecule has 5 heteroatoms. The Labute approximate surface area is 461 Å². The summed E-state index contributed by atoms with van der Waals surface area (Å²) in [5.74, 6) is 0. The van der Waals surface area contributed by atoms with Crippen LogP contribution in [-0.2, 0) is 37.9 Å². The Bertz CT molecular complexity index is 3810. The quantitative estimate of drug-likeness (QED) is 0.165. The van der Waals surface area contributed by atoms with Crippen molar-refractivity contribution in [3.63, 3.8) is 0 Å². The zero-order valence-electron chi connectivity index (χ0n) is 49.9. The van der Waals surface area contributed by atoms with Gasteiger partial charge in [-0.2, -0.15) is 0 Å². The SMILES string of the molecule is CC(C)(C)c1ccc(N2c3cc4c(cc3B3c5oc6ccc(C(C)(C)C)cc6c5N(c5ccc(C(C)(C)C)cc5)c5cc(-n6c7ccc(C(C)(C)C)cc7c7cc(C(C)(C)C)ccc76)cc2c53)C(C)(C)CCC4(C)C)cc1. The van der Waals surface area contributed by atoms with E-state index in [1.165, 1.54) is 88.7 Å². The highest BCUT2D eigenvalue weighted by Gasteiger charge is 2.49. The zero-order chi connectivity index (χ0) is 55.1. The molecule has 2 aromatic heterocycles. The smallest absolute Gasteiger partial charge is 0.297 e. The fourth-order valence-electron chi connectivity index (χ4n) is 13.1. The van der Waals surface area contributed by atoms with Crippen LogP contribution >= 0.6 is 0 Å². The van der Waals surface area contributed by atoms with Gasteiger partial charge in [0.1, 0.15) is 5.58 Å². The Morgan fingerprint density at radius 1 is 0.403 bits per heavy atom. The number of anilines is 6. The largest absolute Gasteiger partial charge is 0.468 e. The van der Waals surface area contributed by atoms with Gasteiger partial charge in [0.25, 0.3) is 6.71 Å². The minimum Gasteiger partial charge on any atom is -0.468 e. The van der Waals surface area contributed by atoms with Crippen LogP contribution < -0.4 is 26.4 Å². The number of hydrogen-bond acceptors (Lipinski definition) is 3. The third-order valence-corrected chi connectivity index (χ3v) is 18.2. The predicted molar refractivity (Wildman–Crippen MR) is 333 cm³/mol. The second kappa shape index (κ2) is 16.5. The summed E-state index contributed by atoms with van der Waals surface area (Å²) >= 11 is 0. The number of hydrogen-bond donors (Lipinski definition) is 0. The lowest BCUT2D eigenvalue weighted by molar-refractivity contribution is 0.332. The van der Waals surface area contributed by atoms with E-state index in [2.05, 4.69) is 273 Å². The lowest BCUT2D eigenvalue weighted by Gasteiger charge is -2.46. The van der Waals surface area contributed by atoms with Gasteiger partial charge >= 0.3 is 0 Å². The summed E-state index contributed by atoms with van der Waals surface area (Å²) in [7, 11) is 0. The lowest BCUT2D eigenvalue weighted by atomic mass is 9.35. The van der Waals surface area contributed by atoms with E-state index < -0.39 is 0 Å². The number of nitrogens with zero attached hydrogens (tertiary/aromatic N) is 3.